The minimum Gasteiger partial charge on any atom is -0.368 e. The lowest BCUT2D eigenvalue weighted by Crippen LogP contribution is -2.53. The minimum atomic E-state index is -0.372. The Labute approximate surface area is 131 Å². The third-order valence-corrected chi connectivity index (χ3v) is 4.04. The van der Waals surface area contributed by atoms with E-state index in [-0.39, 0.29) is 11.9 Å². The molecule has 1 saturated heterocycles. The quantitative estimate of drug-likeness (QED) is 0.929. The molecule has 1 unspecified atom stereocenters. The topological polar surface area (TPSA) is 49.6 Å². The normalized spacial score (nSPS) is 17.2. The smallest absolute Gasteiger partial charge is 0.239 e. The van der Waals surface area contributed by atoms with Gasteiger partial charge in [-0.2, -0.15) is 0 Å². The summed E-state index contributed by atoms with van der Waals surface area (Å²) in [5, 5.41) is 0.741. The molecule has 1 aliphatic rings. The lowest BCUT2D eigenvalue weighted by molar-refractivity contribution is -0.133. The van der Waals surface area contributed by atoms with E-state index in [1.165, 1.54) is 0 Å². The van der Waals surface area contributed by atoms with E-state index in [0.717, 1.165) is 43.3 Å². The molecule has 0 radical (unpaired) electrons. The number of benzene rings is 1. The minimum absolute atomic E-state index is 0.0782. The van der Waals surface area contributed by atoms with Gasteiger partial charge in [0.25, 0.3) is 0 Å². The number of amides is 1. The van der Waals surface area contributed by atoms with Crippen molar-refractivity contribution in [1.29, 1.82) is 0 Å². The molecule has 5 heteroatoms. The summed E-state index contributed by atoms with van der Waals surface area (Å²) in [4.78, 5) is 16.4. The highest BCUT2D eigenvalue weighted by molar-refractivity contribution is 6.30. The van der Waals surface area contributed by atoms with Gasteiger partial charge in [-0.25, -0.2) is 0 Å². The Morgan fingerprint density at radius 3 is 2.52 bits per heavy atom. The van der Waals surface area contributed by atoms with Crippen LogP contribution in [0.5, 0.6) is 0 Å². The van der Waals surface area contributed by atoms with Crippen molar-refractivity contribution in [1.82, 2.24) is 4.90 Å². The summed E-state index contributed by atoms with van der Waals surface area (Å²) in [6.07, 6.45) is 0.743. The second-order valence-corrected chi connectivity index (χ2v) is 6.46. The average molecular weight is 310 g/mol. The van der Waals surface area contributed by atoms with E-state index in [1.54, 1.807) is 0 Å². The van der Waals surface area contributed by atoms with E-state index in [1.807, 2.05) is 29.2 Å². The van der Waals surface area contributed by atoms with Crippen molar-refractivity contribution in [3.8, 4) is 0 Å². The molecule has 1 atom stereocenters. The lowest BCUT2D eigenvalue weighted by Gasteiger charge is -2.37. The Hall–Kier alpha value is -1.26. The number of carbonyl (C=O) groups excluding carboxylic acids is 1. The van der Waals surface area contributed by atoms with Crippen LogP contribution in [0.4, 0.5) is 5.69 Å². The van der Waals surface area contributed by atoms with Crippen LogP contribution in [0.25, 0.3) is 0 Å². The van der Waals surface area contributed by atoms with Crippen LogP contribution in [-0.2, 0) is 4.79 Å². The molecule has 1 aromatic rings. The molecule has 1 fully saturated rings. The van der Waals surface area contributed by atoms with Crippen LogP contribution in [0.15, 0.2) is 24.3 Å². The van der Waals surface area contributed by atoms with E-state index in [4.69, 9.17) is 17.3 Å². The number of rotatable bonds is 4. The molecule has 0 bridgehead atoms. The first kappa shape index (κ1) is 16.1. The molecule has 0 saturated carbocycles. The summed E-state index contributed by atoms with van der Waals surface area (Å²) in [6, 6.07) is 7.46. The van der Waals surface area contributed by atoms with Crippen molar-refractivity contribution in [2.24, 2.45) is 11.7 Å². The molecule has 1 amide bonds. The number of nitrogens with zero attached hydrogens (tertiary/aromatic N) is 2. The number of piperazine rings is 1. The summed E-state index contributed by atoms with van der Waals surface area (Å²) in [5.41, 5.74) is 7.10. The SMILES string of the molecule is CC(C)CC(N)C(=O)N1CCN(c2cccc(Cl)c2)CC1. The molecule has 0 aromatic heterocycles. The first-order chi connectivity index (χ1) is 9.97. The van der Waals surface area contributed by atoms with Crippen LogP contribution < -0.4 is 10.6 Å². The number of halogens is 1. The van der Waals surface area contributed by atoms with Gasteiger partial charge in [-0.15, -0.1) is 0 Å². The van der Waals surface area contributed by atoms with Crippen LogP contribution in [0, 0.1) is 5.92 Å². The van der Waals surface area contributed by atoms with Gasteiger partial charge in [0.2, 0.25) is 5.91 Å². The fraction of sp³-hybridized carbons (Fsp3) is 0.562. The Balaban J connectivity index is 1.89. The molecule has 1 aromatic carbocycles. The maximum absolute atomic E-state index is 12.3. The predicted octanol–water partition coefficient (Wildman–Crippen LogP) is 2.36. The fourth-order valence-corrected chi connectivity index (χ4v) is 2.89. The molecular weight excluding hydrogens is 286 g/mol. The second kappa shape index (κ2) is 7.14. The molecule has 1 aliphatic heterocycles. The lowest BCUT2D eigenvalue weighted by atomic mass is 10.0. The third kappa shape index (κ3) is 4.35. The zero-order valence-corrected chi connectivity index (χ0v) is 13.5. The first-order valence-corrected chi connectivity index (χ1v) is 7.90. The fourth-order valence-electron chi connectivity index (χ4n) is 2.70. The zero-order valence-electron chi connectivity index (χ0n) is 12.8. The summed E-state index contributed by atoms with van der Waals surface area (Å²) in [6.45, 7) is 7.25. The van der Waals surface area contributed by atoms with Gasteiger partial charge in [0.1, 0.15) is 0 Å². The molecular formula is C16H24ClN3O. The van der Waals surface area contributed by atoms with Gasteiger partial charge in [-0.05, 0) is 30.5 Å². The number of hydrogen-bond donors (Lipinski definition) is 1. The first-order valence-electron chi connectivity index (χ1n) is 7.52. The molecule has 0 spiro atoms. The van der Waals surface area contributed by atoms with Crippen LogP contribution in [0.1, 0.15) is 20.3 Å². The van der Waals surface area contributed by atoms with Crippen molar-refractivity contribution >= 4 is 23.2 Å². The highest BCUT2D eigenvalue weighted by Gasteiger charge is 2.25. The second-order valence-electron chi connectivity index (χ2n) is 6.03. The predicted molar refractivity (Wildman–Crippen MR) is 87.7 cm³/mol. The van der Waals surface area contributed by atoms with Crippen molar-refractivity contribution in [2.75, 3.05) is 31.1 Å². The maximum Gasteiger partial charge on any atom is 0.239 e. The number of hydrogen-bond acceptors (Lipinski definition) is 3. The maximum atomic E-state index is 12.3. The summed E-state index contributed by atoms with van der Waals surface area (Å²) in [5.74, 6) is 0.520. The zero-order chi connectivity index (χ0) is 15.4. The molecule has 21 heavy (non-hydrogen) atoms. The number of carbonyl (C=O) groups is 1. The Morgan fingerprint density at radius 2 is 1.95 bits per heavy atom. The Bertz CT molecular complexity index is 484. The monoisotopic (exact) mass is 309 g/mol. The summed E-state index contributed by atoms with van der Waals surface area (Å²) < 4.78 is 0. The number of nitrogens with two attached hydrogens (primary N) is 1. The van der Waals surface area contributed by atoms with Crippen LogP contribution >= 0.6 is 11.6 Å². The van der Waals surface area contributed by atoms with E-state index < -0.39 is 0 Å². The van der Waals surface area contributed by atoms with Crippen LogP contribution in [0.2, 0.25) is 5.02 Å². The summed E-state index contributed by atoms with van der Waals surface area (Å²) >= 11 is 6.03. The largest absolute Gasteiger partial charge is 0.368 e. The third-order valence-electron chi connectivity index (χ3n) is 3.81. The van der Waals surface area contributed by atoms with Crippen molar-refractivity contribution in [2.45, 2.75) is 26.3 Å². The van der Waals surface area contributed by atoms with E-state index in [2.05, 4.69) is 18.7 Å². The van der Waals surface area contributed by atoms with Crippen molar-refractivity contribution in [3.05, 3.63) is 29.3 Å². The van der Waals surface area contributed by atoms with E-state index >= 15 is 0 Å². The standard InChI is InChI=1S/C16H24ClN3O/c1-12(2)10-15(18)16(21)20-8-6-19(7-9-20)14-5-3-4-13(17)11-14/h3-5,11-12,15H,6-10,18H2,1-2H3. The van der Waals surface area contributed by atoms with Gasteiger partial charge in [0.15, 0.2) is 0 Å². The highest BCUT2D eigenvalue weighted by Crippen LogP contribution is 2.21. The van der Waals surface area contributed by atoms with Crippen LogP contribution in [0.3, 0.4) is 0 Å². The number of anilines is 1. The molecule has 0 aliphatic carbocycles. The molecule has 4 nitrogen and oxygen atoms in total. The van der Waals surface area contributed by atoms with Gasteiger partial charge in [0.05, 0.1) is 6.04 Å². The van der Waals surface area contributed by atoms with Gasteiger partial charge in [-0.3, -0.25) is 4.79 Å². The molecule has 2 N–H and O–H groups in total. The van der Waals surface area contributed by atoms with Crippen LogP contribution in [-0.4, -0.2) is 43.0 Å². The Morgan fingerprint density at radius 1 is 1.29 bits per heavy atom. The average Bonchev–Trinajstić information content (AvgIpc) is 2.46. The molecule has 116 valence electrons. The Kier molecular flexibility index (Phi) is 5.48. The highest BCUT2D eigenvalue weighted by atomic mass is 35.5. The van der Waals surface area contributed by atoms with E-state index in [0.29, 0.717) is 5.92 Å². The summed E-state index contributed by atoms with van der Waals surface area (Å²) in [7, 11) is 0. The van der Waals surface area contributed by atoms with Gasteiger partial charge in [-0.1, -0.05) is 31.5 Å². The molecule has 1 heterocycles. The molecule has 2 rings (SSSR count). The van der Waals surface area contributed by atoms with Gasteiger partial charge >= 0.3 is 0 Å². The van der Waals surface area contributed by atoms with Gasteiger partial charge < -0.3 is 15.5 Å². The van der Waals surface area contributed by atoms with E-state index in [9.17, 15) is 4.79 Å². The van der Waals surface area contributed by atoms with Crippen molar-refractivity contribution < 1.29 is 4.79 Å². The van der Waals surface area contributed by atoms with Gasteiger partial charge in [0, 0.05) is 36.9 Å². The van der Waals surface area contributed by atoms with Crippen molar-refractivity contribution in [3.63, 3.8) is 0 Å².